The van der Waals surface area contributed by atoms with Crippen LogP contribution in [0.25, 0.3) is 0 Å². The Morgan fingerprint density at radius 3 is 2.44 bits per heavy atom. The van der Waals surface area contributed by atoms with Crippen LogP contribution in [0.3, 0.4) is 0 Å². The monoisotopic (exact) mass is 252 g/mol. The van der Waals surface area contributed by atoms with E-state index in [0.29, 0.717) is 29.7 Å². The molecule has 0 aromatic heterocycles. The minimum absolute atomic E-state index is 0.0477. The van der Waals surface area contributed by atoms with Crippen molar-refractivity contribution in [3.8, 4) is 0 Å². The van der Waals surface area contributed by atoms with Gasteiger partial charge in [0.15, 0.2) is 0 Å². The van der Waals surface area contributed by atoms with Gasteiger partial charge in [0.2, 0.25) is 5.91 Å². The molecule has 1 saturated heterocycles. The Bertz CT molecular complexity index is 316. The highest BCUT2D eigenvalue weighted by Gasteiger charge is 2.50. The van der Waals surface area contributed by atoms with Crippen molar-refractivity contribution in [2.75, 3.05) is 0 Å². The predicted molar refractivity (Wildman–Crippen MR) is 74.0 cm³/mol. The molecule has 1 heterocycles. The molecular weight excluding hydrogens is 224 g/mol. The molecule has 0 spiro atoms. The summed E-state index contributed by atoms with van der Waals surface area (Å²) in [6.07, 6.45) is 3.59. The van der Waals surface area contributed by atoms with E-state index < -0.39 is 0 Å². The molecule has 1 saturated carbocycles. The van der Waals surface area contributed by atoms with Gasteiger partial charge in [0, 0.05) is 6.04 Å². The van der Waals surface area contributed by atoms with E-state index >= 15 is 0 Å². The van der Waals surface area contributed by atoms with E-state index in [0.717, 1.165) is 12.8 Å². The molecule has 3 nitrogen and oxygen atoms in total. The number of hydrogen-bond donors (Lipinski definition) is 1. The van der Waals surface area contributed by atoms with Gasteiger partial charge in [-0.25, -0.2) is 0 Å². The van der Waals surface area contributed by atoms with Crippen LogP contribution in [0.2, 0.25) is 0 Å². The Morgan fingerprint density at radius 2 is 2.00 bits per heavy atom. The van der Waals surface area contributed by atoms with Crippen LogP contribution in [-0.2, 0) is 4.79 Å². The Morgan fingerprint density at radius 1 is 1.39 bits per heavy atom. The third kappa shape index (κ3) is 2.56. The first-order chi connectivity index (χ1) is 8.45. The molecule has 3 heteroatoms. The van der Waals surface area contributed by atoms with Gasteiger partial charge < -0.3 is 4.90 Å². The van der Waals surface area contributed by atoms with Crippen LogP contribution in [0.4, 0.5) is 0 Å². The average Bonchev–Trinajstić information content (AvgIpc) is 2.91. The van der Waals surface area contributed by atoms with Crippen molar-refractivity contribution < 1.29 is 4.79 Å². The lowest BCUT2D eigenvalue weighted by Crippen LogP contribution is -2.40. The molecule has 2 fully saturated rings. The quantitative estimate of drug-likeness (QED) is 0.816. The van der Waals surface area contributed by atoms with E-state index in [9.17, 15) is 4.79 Å². The summed E-state index contributed by atoms with van der Waals surface area (Å²) in [4.78, 5) is 14.8. The Hall–Kier alpha value is -0.570. The van der Waals surface area contributed by atoms with Crippen LogP contribution in [-0.4, -0.2) is 29.1 Å². The maximum atomic E-state index is 12.6. The molecule has 1 N–H and O–H groups in total. The lowest BCUT2D eigenvalue weighted by atomic mass is 9.99. The van der Waals surface area contributed by atoms with Crippen molar-refractivity contribution in [2.24, 2.45) is 17.8 Å². The van der Waals surface area contributed by atoms with Crippen molar-refractivity contribution >= 4 is 5.91 Å². The minimum atomic E-state index is 0.0477. The molecular formula is C15H28N2O. The second-order valence-electron chi connectivity index (χ2n) is 6.70. The topological polar surface area (TPSA) is 32.3 Å². The Kier molecular flexibility index (Phi) is 4.00. The zero-order valence-corrected chi connectivity index (χ0v) is 12.4. The zero-order valence-electron chi connectivity index (χ0n) is 12.4. The summed E-state index contributed by atoms with van der Waals surface area (Å²) in [7, 11) is 0. The SMILES string of the molecule is CCC(C)C1NC(CC(C)C)N(C2CC2C)C1=O. The molecule has 5 unspecified atom stereocenters. The van der Waals surface area contributed by atoms with Crippen molar-refractivity contribution in [3.63, 3.8) is 0 Å². The second kappa shape index (κ2) is 5.20. The Labute approximate surface area is 111 Å². The fourth-order valence-electron chi connectivity index (χ4n) is 3.03. The summed E-state index contributed by atoms with van der Waals surface area (Å²) in [5.74, 6) is 2.11. The molecule has 0 bridgehead atoms. The van der Waals surface area contributed by atoms with Gasteiger partial charge in [-0.15, -0.1) is 0 Å². The highest BCUT2D eigenvalue weighted by molar-refractivity contribution is 5.85. The summed E-state index contributed by atoms with van der Waals surface area (Å²) in [6.45, 7) is 11.1. The normalized spacial score (nSPS) is 37.4. The van der Waals surface area contributed by atoms with Gasteiger partial charge in [0.25, 0.3) is 0 Å². The maximum absolute atomic E-state index is 12.6. The van der Waals surface area contributed by atoms with Crippen molar-refractivity contribution in [2.45, 2.75) is 72.1 Å². The summed E-state index contributed by atoms with van der Waals surface area (Å²) in [5, 5.41) is 3.59. The molecule has 5 atom stereocenters. The number of carbonyl (C=O) groups excluding carboxylic acids is 1. The van der Waals surface area contributed by atoms with E-state index in [1.165, 1.54) is 6.42 Å². The van der Waals surface area contributed by atoms with Crippen LogP contribution in [0.15, 0.2) is 0 Å². The first kappa shape index (κ1) is 13.9. The lowest BCUT2D eigenvalue weighted by molar-refractivity contribution is -0.131. The number of carbonyl (C=O) groups is 1. The standard InChI is InChI=1S/C15H28N2O/c1-6-10(4)14-15(18)17(12-8-11(12)5)13(16-14)7-9(2)3/h9-14,16H,6-8H2,1-5H3. The molecule has 0 radical (unpaired) electrons. The summed E-state index contributed by atoms with van der Waals surface area (Å²) >= 11 is 0. The molecule has 2 rings (SSSR count). The van der Waals surface area contributed by atoms with E-state index in [1.54, 1.807) is 0 Å². The molecule has 18 heavy (non-hydrogen) atoms. The van der Waals surface area contributed by atoms with Gasteiger partial charge in [-0.2, -0.15) is 0 Å². The molecule has 104 valence electrons. The summed E-state index contributed by atoms with van der Waals surface area (Å²) in [6, 6.07) is 0.550. The van der Waals surface area contributed by atoms with Crippen molar-refractivity contribution in [3.05, 3.63) is 0 Å². The first-order valence-corrected chi connectivity index (χ1v) is 7.53. The second-order valence-corrected chi connectivity index (χ2v) is 6.70. The van der Waals surface area contributed by atoms with Gasteiger partial charge in [0.1, 0.15) is 0 Å². The molecule has 0 aromatic rings. The number of nitrogens with one attached hydrogen (secondary N) is 1. The van der Waals surface area contributed by atoms with Gasteiger partial charge in [0.05, 0.1) is 12.2 Å². The van der Waals surface area contributed by atoms with Gasteiger partial charge in [-0.1, -0.05) is 41.0 Å². The number of amides is 1. The predicted octanol–water partition coefficient (Wildman–Crippen LogP) is 2.61. The molecule has 0 aromatic carbocycles. The van der Waals surface area contributed by atoms with E-state index in [1.807, 2.05) is 0 Å². The summed E-state index contributed by atoms with van der Waals surface area (Å²) in [5.41, 5.74) is 0. The lowest BCUT2D eigenvalue weighted by Gasteiger charge is -2.25. The molecule has 1 aliphatic heterocycles. The van der Waals surface area contributed by atoms with Gasteiger partial charge in [-0.3, -0.25) is 10.1 Å². The van der Waals surface area contributed by atoms with E-state index in [4.69, 9.17) is 0 Å². The van der Waals surface area contributed by atoms with Crippen LogP contribution in [0.1, 0.15) is 53.9 Å². The highest BCUT2D eigenvalue weighted by Crippen LogP contribution is 2.39. The largest absolute Gasteiger partial charge is 0.323 e. The number of nitrogens with zero attached hydrogens (tertiary/aromatic N) is 1. The average molecular weight is 252 g/mol. The third-order valence-electron chi connectivity index (χ3n) is 4.56. The van der Waals surface area contributed by atoms with E-state index in [2.05, 4.69) is 44.8 Å². The van der Waals surface area contributed by atoms with Crippen LogP contribution in [0.5, 0.6) is 0 Å². The Balaban J connectivity index is 2.10. The minimum Gasteiger partial charge on any atom is -0.323 e. The molecule has 1 amide bonds. The first-order valence-electron chi connectivity index (χ1n) is 7.53. The number of rotatable bonds is 5. The van der Waals surface area contributed by atoms with Crippen molar-refractivity contribution in [1.29, 1.82) is 0 Å². The molecule has 1 aliphatic carbocycles. The smallest absolute Gasteiger partial charge is 0.241 e. The maximum Gasteiger partial charge on any atom is 0.241 e. The van der Waals surface area contributed by atoms with Crippen LogP contribution in [0, 0.1) is 17.8 Å². The van der Waals surface area contributed by atoms with Gasteiger partial charge >= 0.3 is 0 Å². The summed E-state index contributed by atoms with van der Waals surface area (Å²) < 4.78 is 0. The molecule has 2 aliphatic rings. The van der Waals surface area contributed by atoms with Crippen LogP contribution < -0.4 is 5.32 Å². The van der Waals surface area contributed by atoms with Crippen LogP contribution >= 0.6 is 0 Å². The third-order valence-corrected chi connectivity index (χ3v) is 4.56. The fourth-order valence-corrected chi connectivity index (χ4v) is 3.03. The number of hydrogen-bond acceptors (Lipinski definition) is 2. The zero-order chi connectivity index (χ0) is 13.4. The van der Waals surface area contributed by atoms with E-state index in [-0.39, 0.29) is 12.2 Å². The van der Waals surface area contributed by atoms with Crippen molar-refractivity contribution in [1.82, 2.24) is 10.2 Å². The highest BCUT2D eigenvalue weighted by atomic mass is 16.2. The van der Waals surface area contributed by atoms with Gasteiger partial charge in [-0.05, 0) is 30.6 Å². The fraction of sp³-hybridized carbons (Fsp3) is 0.933.